The highest BCUT2D eigenvalue weighted by Gasteiger charge is 2.23. The first-order chi connectivity index (χ1) is 11.6. The summed E-state index contributed by atoms with van der Waals surface area (Å²) in [6.45, 7) is 0.946. The molecule has 24 heavy (non-hydrogen) atoms. The lowest BCUT2D eigenvalue weighted by atomic mass is 10.1. The molecule has 2 amide bonds. The van der Waals surface area contributed by atoms with Crippen LogP contribution in [-0.4, -0.2) is 25.2 Å². The first-order valence-corrected chi connectivity index (χ1v) is 8.09. The number of nitrogens with zero attached hydrogens (tertiary/aromatic N) is 1. The fourth-order valence-electron chi connectivity index (χ4n) is 2.53. The van der Waals surface area contributed by atoms with Crippen LogP contribution in [0.5, 0.6) is 0 Å². The summed E-state index contributed by atoms with van der Waals surface area (Å²) >= 11 is 6.09. The maximum absolute atomic E-state index is 12.1. The molecule has 1 N–H and O–H groups in total. The largest absolute Gasteiger partial charge is 0.447 e. The van der Waals surface area contributed by atoms with Crippen molar-refractivity contribution in [2.75, 3.05) is 23.4 Å². The number of carbonyl (C=O) groups is 2. The van der Waals surface area contributed by atoms with Crippen LogP contribution in [0.4, 0.5) is 16.2 Å². The molecular formula is C18H17ClN2O3. The Bertz CT molecular complexity index is 746. The molecule has 1 aliphatic heterocycles. The number of halogens is 1. The third kappa shape index (κ3) is 3.86. The standard InChI is InChI=1S/C18H17ClN2O3/c19-16-4-2-1-3-13(16)5-10-17(22)20-14-6-8-15(9-7-14)21-11-12-24-18(21)23/h1-4,6-9H,5,10-12H2,(H,20,22). The van der Waals surface area contributed by atoms with Gasteiger partial charge in [0.2, 0.25) is 5.91 Å². The number of anilines is 2. The van der Waals surface area contributed by atoms with Crippen molar-refractivity contribution in [3.05, 3.63) is 59.1 Å². The molecule has 5 nitrogen and oxygen atoms in total. The molecule has 0 saturated carbocycles. The Morgan fingerprint density at radius 3 is 2.58 bits per heavy atom. The van der Waals surface area contributed by atoms with Crippen LogP contribution in [0, 0.1) is 0 Å². The number of benzene rings is 2. The Balaban J connectivity index is 1.55. The smallest absolute Gasteiger partial charge is 0.414 e. The van der Waals surface area contributed by atoms with Crippen LogP contribution in [0.3, 0.4) is 0 Å². The normalized spacial score (nSPS) is 13.7. The van der Waals surface area contributed by atoms with Crippen LogP contribution in [0.1, 0.15) is 12.0 Å². The molecule has 0 atom stereocenters. The second kappa shape index (κ2) is 7.36. The van der Waals surface area contributed by atoms with Gasteiger partial charge in [-0.15, -0.1) is 0 Å². The van der Waals surface area contributed by atoms with E-state index in [1.807, 2.05) is 24.3 Å². The zero-order valence-electron chi connectivity index (χ0n) is 13.0. The van der Waals surface area contributed by atoms with Gasteiger partial charge in [-0.2, -0.15) is 0 Å². The fraction of sp³-hybridized carbons (Fsp3) is 0.222. The molecule has 1 aliphatic rings. The highest BCUT2D eigenvalue weighted by atomic mass is 35.5. The zero-order valence-corrected chi connectivity index (χ0v) is 13.8. The number of hydrogen-bond donors (Lipinski definition) is 1. The van der Waals surface area contributed by atoms with Gasteiger partial charge in [0.25, 0.3) is 0 Å². The van der Waals surface area contributed by atoms with Gasteiger partial charge in [0.1, 0.15) is 6.61 Å². The molecule has 1 fully saturated rings. The summed E-state index contributed by atoms with van der Waals surface area (Å²) in [4.78, 5) is 25.1. The van der Waals surface area contributed by atoms with E-state index >= 15 is 0 Å². The minimum Gasteiger partial charge on any atom is -0.447 e. The van der Waals surface area contributed by atoms with E-state index in [0.717, 1.165) is 11.3 Å². The van der Waals surface area contributed by atoms with E-state index in [1.54, 1.807) is 29.2 Å². The molecule has 0 aromatic heterocycles. The van der Waals surface area contributed by atoms with Crippen LogP contribution in [0.25, 0.3) is 0 Å². The van der Waals surface area contributed by atoms with Crippen molar-refractivity contribution < 1.29 is 14.3 Å². The Morgan fingerprint density at radius 1 is 1.17 bits per heavy atom. The van der Waals surface area contributed by atoms with E-state index in [4.69, 9.17) is 16.3 Å². The van der Waals surface area contributed by atoms with Gasteiger partial charge in [0.15, 0.2) is 0 Å². The van der Waals surface area contributed by atoms with Gasteiger partial charge < -0.3 is 10.1 Å². The van der Waals surface area contributed by atoms with E-state index < -0.39 is 0 Å². The minimum absolute atomic E-state index is 0.0803. The second-order valence-electron chi connectivity index (χ2n) is 5.45. The van der Waals surface area contributed by atoms with E-state index in [9.17, 15) is 9.59 Å². The predicted octanol–water partition coefficient (Wildman–Crippen LogP) is 3.87. The number of rotatable bonds is 5. The van der Waals surface area contributed by atoms with E-state index in [2.05, 4.69) is 5.32 Å². The fourth-order valence-corrected chi connectivity index (χ4v) is 2.76. The highest BCUT2D eigenvalue weighted by Crippen LogP contribution is 2.21. The Morgan fingerprint density at radius 2 is 1.92 bits per heavy atom. The Labute approximate surface area is 145 Å². The summed E-state index contributed by atoms with van der Waals surface area (Å²) in [7, 11) is 0. The second-order valence-corrected chi connectivity index (χ2v) is 5.86. The van der Waals surface area contributed by atoms with Crippen molar-refractivity contribution in [3.8, 4) is 0 Å². The molecule has 1 heterocycles. The van der Waals surface area contributed by atoms with Gasteiger partial charge in [-0.25, -0.2) is 4.79 Å². The van der Waals surface area contributed by atoms with Crippen LogP contribution in [0.2, 0.25) is 5.02 Å². The summed E-state index contributed by atoms with van der Waals surface area (Å²) < 4.78 is 4.90. The number of cyclic esters (lactones) is 1. The van der Waals surface area contributed by atoms with Crippen molar-refractivity contribution in [2.45, 2.75) is 12.8 Å². The SMILES string of the molecule is O=C(CCc1ccccc1Cl)Nc1ccc(N2CCOC2=O)cc1. The lowest BCUT2D eigenvalue weighted by Crippen LogP contribution is -2.23. The van der Waals surface area contributed by atoms with Crippen LogP contribution in [0.15, 0.2) is 48.5 Å². The Hall–Kier alpha value is -2.53. The lowest BCUT2D eigenvalue weighted by Gasteiger charge is -2.13. The van der Waals surface area contributed by atoms with Gasteiger partial charge in [-0.05, 0) is 42.3 Å². The number of nitrogens with one attached hydrogen (secondary N) is 1. The topological polar surface area (TPSA) is 58.6 Å². The van der Waals surface area contributed by atoms with Gasteiger partial charge >= 0.3 is 6.09 Å². The maximum Gasteiger partial charge on any atom is 0.414 e. The van der Waals surface area contributed by atoms with Crippen molar-refractivity contribution in [2.24, 2.45) is 0 Å². The van der Waals surface area contributed by atoms with Crippen molar-refractivity contribution >= 4 is 35.0 Å². The molecular weight excluding hydrogens is 328 g/mol. The lowest BCUT2D eigenvalue weighted by molar-refractivity contribution is -0.116. The molecule has 2 aromatic rings. The van der Waals surface area contributed by atoms with Crippen molar-refractivity contribution in [3.63, 3.8) is 0 Å². The summed E-state index contributed by atoms with van der Waals surface area (Å²) in [5.74, 6) is -0.0803. The first-order valence-electron chi connectivity index (χ1n) is 7.71. The summed E-state index contributed by atoms with van der Waals surface area (Å²) in [6.07, 6.45) is 0.596. The maximum atomic E-state index is 12.1. The average molecular weight is 345 g/mol. The number of ether oxygens (including phenoxy) is 1. The molecule has 0 aliphatic carbocycles. The van der Waals surface area contributed by atoms with Crippen LogP contribution in [-0.2, 0) is 16.0 Å². The number of aryl methyl sites for hydroxylation is 1. The van der Waals surface area contributed by atoms with Crippen LogP contribution < -0.4 is 10.2 Å². The molecule has 3 rings (SSSR count). The van der Waals surface area contributed by atoms with Gasteiger partial charge in [0, 0.05) is 22.8 Å². The summed E-state index contributed by atoms with van der Waals surface area (Å²) in [6, 6.07) is 14.6. The van der Waals surface area contributed by atoms with E-state index in [0.29, 0.717) is 36.7 Å². The third-order valence-corrected chi connectivity index (χ3v) is 4.17. The number of hydrogen-bond acceptors (Lipinski definition) is 3. The number of carbonyl (C=O) groups excluding carboxylic acids is 2. The van der Waals surface area contributed by atoms with Crippen molar-refractivity contribution in [1.82, 2.24) is 0 Å². The quantitative estimate of drug-likeness (QED) is 0.895. The molecule has 0 radical (unpaired) electrons. The molecule has 0 spiro atoms. The first kappa shape index (κ1) is 16.3. The van der Waals surface area contributed by atoms with E-state index in [-0.39, 0.29) is 12.0 Å². The van der Waals surface area contributed by atoms with E-state index in [1.165, 1.54) is 0 Å². The van der Waals surface area contributed by atoms with Crippen LogP contribution >= 0.6 is 11.6 Å². The van der Waals surface area contributed by atoms with Crippen molar-refractivity contribution in [1.29, 1.82) is 0 Å². The zero-order chi connectivity index (χ0) is 16.9. The molecule has 0 bridgehead atoms. The molecule has 2 aromatic carbocycles. The van der Waals surface area contributed by atoms with Gasteiger partial charge in [-0.1, -0.05) is 29.8 Å². The third-order valence-electron chi connectivity index (χ3n) is 3.80. The average Bonchev–Trinajstić information content (AvgIpc) is 3.01. The summed E-state index contributed by atoms with van der Waals surface area (Å²) in [5, 5.41) is 3.52. The predicted molar refractivity (Wildman–Crippen MR) is 93.5 cm³/mol. The monoisotopic (exact) mass is 344 g/mol. The minimum atomic E-state index is -0.341. The van der Waals surface area contributed by atoms with Gasteiger partial charge in [0.05, 0.1) is 6.54 Å². The van der Waals surface area contributed by atoms with Gasteiger partial charge in [-0.3, -0.25) is 9.69 Å². The molecule has 6 heteroatoms. The highest BCUT2D eigenvalue weighted by molar-refractivity contribution is 6.31. The number of amides is 2. The molecule has 0 unspecified atom stereocenters. The molecule has 124 valence electrons. The summed E-state index contributed by atoms with van der Waals surface area (Å²) in [5.41, 5.74) is 2.40. The molecule has 1 saturated heterocycles. The Kier molecular flexibility index (Phi) is 5.01.